The van der Waals surface area contributed by atoms with Crippen LogP contribution in [0.25, 0.3) is 0 Å². The van der Waals surface area contributed by atoms with E-state index in [1.807, 2.05) is 33.8 Å². The second kappa shape index (κ2) is 7.74. The van der Waals surface area contributed by atoms with Gasteiger partial charge in [0.05, 0.1) is 6.10 Å². The van der Waals surface area contributed by atoms with E-state index < -0.39 is 21.8 Å². The van der Waals surface area contributed by atoms with E-state index in [0.717, 1.165) is 0 Å². The third-order valence-corrected chi connectivity index (χ3v) is 5.18. The molecule has 1 aliphatic rings. The van der Waals surface area contributed by atoms with E-state index >= 15 is 0 Å². The normalized spacial score (nSPS) is 21.8. The van der Waals surface area contributed by atoms with E-state index in [0.29, 0.717) is 24.9 Å². The summed E-state index contributed by atoms with van der Waals surface area (Å²) < 4.78 is 35.3. The molecule has 1 fully saturated rings. The largest absolute Gasteiger partial charge is 0.444 e. The van der Waals surface area contributed by atoms with E-state index in [4.69, 9.17) is 8.92 Å². The van der Waals surface area contributed by atoms with Crippen LogP contribution in [0.2, 0.25) is 0 Å². The Bertz CT molecular complexity index is 681. The van der Waals surface area contributed by atoms with Gasteiger partial charge in [-0.1, -0.05) is 30.3 Å². The zero-order valence-electron chi connectivity index (χ0n) is 15.3. The Labute approximate surface area is 150 Å². The summed E-state index contributed by atoms with van der Waals surface area (Å²) >= 11 is 0. The van der Waals surface area contributed by atoms with E-state index in [-0.39, 0.29) is 17.9 Å². The van der Waals surface area contributed by atoms with Gasteiger partial charge in [0, 0.05) is 12.6 Å². The van der Waals surface area contributed by atoms with Crippen LogP contribution in [-0.2, 0) is 24.8 Å². The lowest BCUT2D eigenvalue weighted by molar-refractivity contribution is -0.000155. The number of piperidine rings is 1. The van der Waals surface area contributed by atoms with E-state index in [1.54, 1.807) is 29.2 Å². The van der Waals surface area contributed by atoms with Crippen LogP contribution >= 0.6 is 0 Å². The van der Waals surface area contributed by atoms with Crippen molar-refractivity contribution in [1.82, 2.24) is 4.90 Å². The Morgan fingerprint density at radius 2 is 1.88 bits per heavy atom. The molecule has 25 heavy (non-hydrogen) atoms. The van der Waals surface area contributed by atoms with Gasteiger partial charge in [0.2, 0.25) is 0 Å². The van der Waals surface area contributed by atoms with Crippen molar-refractivity contribution >= 4 is 16.2 Å². The first-order valence-corrected chi connectivity index (χ1v) is 10.1. The lowest BCUT2D eigenvalue weighted by Crippen LogP contribution is -2.48. The molecule has 0 N–H and O–H groups in total. The molecule has 7 heteroatoms. The number of hydrogen-bond acceptors (Lipinski definition) is 5. The number of nitrogens with zero attached hydrogens (tertiary/aromatic N) is 1. The number of ether oxygens (including phenoxy) is 1. The summed E-state index contributed by atoms with van der Waals surface area (Å²) in [6.45, 7) is 7.76. The third-order valence-electron chi connectivity index (χ3n) is 3.93. The van der Waals surface area contributed by atoms with Crippen LogP contribution < -0.4 is 0 Å². The minimum atomic E-state index is -3.66. The summed E-state index contributed by atoms with van der Waals surface area (Å²) in [5.74, 6) is -0.144. The number of carbonyl (C=O) groups is 1. The van der Waals surface area contributed by atoms with Crippen molar-refractivity contribution in [2.24, 2.45) is 0 Å². The highest BCUT2D eigenvalue weighted by atomic mass is 32.2. The van der Waals surface area contributed by atoms with Crippen LogP contribution in [0, 0.1) is 0 Å². The van der Waals surface area contributed by atoms with Crippen LogP contribution in [0.1, 0.15) is 46.1 Å². The zero-order valence-corrected chi connectivity index (χ0v) is 16.1. The topological polar surface area (TPSA) is 72.9 Å². The van der Waals surface area contributed by atoms with Gasteiger partial charge < -0.3 is 9.64 Å². The Morgan fingerprint density at radius 1 is 1.24 bits per heavy atom. The fourth-order valence-electron chi connectivity index (χ4n) is 2.83. The third kappa shape index (κ3) is 6.32. The molecule has 1 saturated heterocycles. The second-order valence-corrected chi connectivity index (χ2v) is 9.05. The minimum absolute atomic E-state index is 0.138. The van der Waals surface area contributed by atoms with Gasteiger partial charge in [0.15, 0.2) is 0 Å². The van der Waals surface area contributed by atoms with Crippen LogP contribution in [0.5, 0.6) is 0 Å². The molecule has 0 unspecified atom stereocenters. The molecule has 0 aromatic heterocycles. The van der Waals surface area contributed by atoms with Gasteiger partial charge >= 0.3 is 6.09 Å². The van der Waals surface area contributed by atoms with Gasteiger partial charge in [-0.3, -0.25) is 4.18 Å². The maximum Gasteiger partial charge on any atom is 0.410 e. The van der Waals surface area contributed by atoms with Crippen LogP contribution in [0.4, 0.5) is 4.79 Å². The fraction of sp³-hybridized carbons (Fsp3) is 0.611. The molecular formula is C18H27NO5S. The number of carbonyl (C=O) groups excluding carboxylic acids is 1. The molecule has 140 valence electrons. The van der Waals surface area contributed by atoms with Crippen molar-refractivity contribution in [3.63, 3.8) is 0 Å². The summed E-state index contributed by atoms with van der Waals surface area (Å²) in [5.41, 5.74) is 0.144. The van der Waals surface area contributed by atoms with Crippen LogP contribution in [-0.4, -0.2) is 43.7 Å². The molecule has 1 aromatic carbocycles. The van der Waals surface area contributed by atoms with Crippen LogP contribution in [0.3, 0.4) is 0 Å². The lowest BCUT2D eigenvalue weighted by atomic mass is 10.0. The predicted molar refractivity (Wildman–Crippen MR) is 95.6 cm³/mol. The number of likely N-dealkylation sites (tertiary alicyclic amines) is 1. The maximum atomic E-state index is 12.3. The average molecular weight is 369 g/mol. The van der Waals surface area contributed by atoms with Crippen molar-refractivity contribution in [3.05, 3.63) is 35.9 Å². The molecule has 1 heterocycles. The molecule has 0 saturated carbocycles. The predicted octanol–water partition coefficient (Wildman–Crippen LogP) is 3.32. The first kappa shape index (κ1) is 19.7. The first-order valence-electron chi connectivity index (χ1n) is 8.50. The Hall–Kier alpha value is -1.60. The maximum absolute atomic E-state index is 12.3. The molecule has 0 radical (unpaired) electrons. The Morgan fingerprint density at radius 3 is 2.44 bits per heavy atom. The van der Waals surface area contributed by atoms with E-state index in [9.17, 15) is 13.2 Å². The number of rotatable bonds is 4. The SMILES string of the molecule is C[C@@H]1C[C@@H](OS(=O)(=O)Cc2ccccc2)CCN1C(=O)OC(C)(C)C. The van der Waals surface area contributed by atoms with Crippen molar-refractivity contribution in [3.8, 4) is 0 Å². The fourth-order valence-corrected chi connectivity index (χ4v) is 4.09. The van der Waals surface area contributed by atoms with Crippen molar-refractivity contribution < 1.29 is 22.1 Å². The van der Waals surface area contributed by atoms with Gasteiger partial charge in [-0.15, -0.1) is 0 Å². The molecule has 6 nitrogen and oxygen atoms in total. The van der Waals surface area contributed by atoms with Gasteiger partial charge in [-0.05, 0) is 46.1 Å². The molecule has 1 aliphatic heterocycles. The highest BCUT2D eigenvalue weighted by Crippen LogP contribution is 2.24. The highest BCUT2D eigenvalue weighted by molar-refractivity contribution is 7.85. The minimum Gasteiger partial charge on any atom is -0.444 e. The summed E-state index contributed by atoms with van der Waals surface area (Å²) in [4.78, 5) is 13.8. The average Bonchev–Trinajstić information content (AvgIpc) is 2.45. The highest BCUT2D eigenvalue weighted by Gasteiger charge is 2.34. The monoisotopic (exact) mass is 369 g/mol. The summed E-state index contributed by atoms with van der Waals surface area (Å²) in [5, 5.41) is 0. The molecule has 0 spiro atoms. The van der Waals surface area contributed by atoms with Gasteiger partial charge in [-0.2, -0.15) is 8.42 Å². The van der Waals surface area contributed by atoms with E-state index in [1.165, 1.54) is 0 Å². The summed E-state index contributed by atoms with van der Waals surface area (Å²) in [6, 6.07) is 8.81. The van der Waals surface area contributed by atoms with Gasteiger partial charge in [0.1, 0.15) is 11.4 Å². The molecule has 1 amide bonds. The molecule has 0 aliphatic carbocycles. The quantitative estimate of drug-likeness (QED) is 0.761. The van der Waals surface area contributed by atoms with Gasteiger partial charge in [0.25, 0.3) is 10.1 Å². The zero-order chi connectivity index (χ0) is 18.7. The number of amides is 1. The molecule has 1 aromatic rings. The summed E-state index contributed by atoms with van der Waals surface area (Å²) in [6.07, 6.45) is 0.151. The van der Waals surface area contributed by atoms with E-state index in [2.05, 4.69) is 0 Å². The Kier molecular flexibility index (Phi) is 6.11. The second-order valence-electron chi connectivity index (χ2n) is 7.45. The number of hydrogen-bond donors (Lipinski definition) is 0. The van der Waals surface area contributed by atoms with Crippen molar-refractivity contribution in [2.45, 2.75) is 64.0 Å². The number of benzene rings is 1. The molecule has 2 atom stereocenters. The van der Waals surface area contributed by atoms with Crippen LogP contribution in [0.15, 0.2) is 30.3 Å². The van der Waals surface area contributed by atoms with Gasteiger partial charge in [-0.25, -0.2) is 4.79 Å². The smallest absolute Gasteiger partial charge is 0.410 e. The molecular weight excluding hydrogens is 342 g/mol. The van der Waals surface area contributed by atoms with Crippen molar-refractivity contribution in [1.29, 1.82) is 0 Å². The standard InChI is InChI=1S/C18H27NO5S/c1-14-12-16(10-11-19(14)17(20)23-18(2,3)4)24-25(21,22)13-15-8-6-5-7-9-15/h5-9,14,16H,10-13H2,1-4H3/t14-,16+/m1/s1. The van der Waals surface area contributed by atoms with Crippen molar-refractivity contribution in [2.75, 3.05) is 6.54 Å². The summed E-state index contributed by atoms with van der Waals surface area (Å²) in [7, 11) is -3.66. The lowest BCUT2D eigenvalue weighted by Gasteiger charge is -2.37. The molecule has 0 bridgehead atoms. The molecule has 2 rings (SSSR count). The Balaban J connectivity index is 1.91. The first-order chi connectivity index (χ1) is 11.6.